The van der Waals surface area contributed by atoms with E-state index in [1.165, 1.54) is 15.5 Å². The van der Waals surface area contributed by atoms with E-state index in [0.29, 0.717) is 5.71 Å². The van der Waals surface area contributed by atoms with E-state index in [2.05, 4.69) is 124 Å². The molecule has 0 N–H and O–H groups in total. The molecule has 0 amide bonds. The molecule has 0 saturated carbocycles. The summed E-state index contributed by atoms with van der Waals surface area (Å²) in [4.78, 5) is 14.2. The van der Waals surface area contributed by atoms with Crippen molar-refractivity contribution in [3.8, 4) is 39.5 Å². The molecule has 0 fully saturated rings. The Morgan fingerprint density at radius 2 is 1.51 bits per heavy atom. The molecular weight excluding hydrogens is 913 g/mol. The van der Waals surface area contributed by atoms with Crippen molar-refractivity contribution in [1.29, 1.82) is 0 Å². The van der Waals surface area contributed by atoms with E-state index < -0.39 is 19.2 Å². The van der Waals surface area contributed by atoms with Crippen LogP contribution in [0, 0.1) is 19.1 Å². The molecule has 9 aromatic rings. The van der Waals surface area contributed by atoms with Crippen molar-refractivity contribution >= 4 is 50.8 Å². The van der Waals surface area contributed by atoms with Gasteiger partial charge in [-0.3, -0.25) is 4.98 Å². The van der Waals surface area contributed by atoms with Crippen LogP contribution >= 0.6 is 0 Å². The van der Waals surface area contributed by atoms with Crippen LogP contribution in [0.5, 0.6) is 0 Å². The van der Waals surface area contributed by atoms with Gasteiger partial charge >= 0.3 is 165 Å². The van der Waals surface area contributed by atoms with E-state index >= 15 is 0 Å². The average Bonchev–Trinajstić information content (AvgIpc) is 3.76. The van der Waals surface area contributed by atoms with Gasteiger partial charge in [-0.25, -0.2) is 0 Å². The molecule has 0 atom stereocenters. The summed E-state index contributed by atoms with van der Waals surface area (Å²) >= 11 is -2.16. The van der Waals surface area contributed by atoms with Crippen molar-refractivity contribution in [2.45, 2.75) is 43.9 Å². The van der Waals surface area contributed by atoms with Gasteiger partial charge in [-0.15, -0.1) is 35.9 Å². The van der Waals surface area contributed by atoms with E-state index in [4.69, 9.17) is 15.8 Å². The van der Waals surface area contributed by atoms with Crippen LogP contribution in [0.1, 0.15) is 32.4 Å². The van der Waals surface area contributed by atoms with E-state index in [1.807, 2.05) is 75.5 Å². The zero-order valence-corrected chi connectivity index (χ0v) is 36.3. The maximum atomic E-state index is 8.69. The van der Waals surface area contributed by atoms with Gasteiger partial charge in [-0.1, -0.05) is 54.6 Å². The molecule has 0 aliphatic heterocycles. The fourth-order valence-corrected chi connectivity index (χ4v) is 10.3. The third-order valence-electron chi connectivity index (χ3n) is 9.67. The van der Waals surface area contributed by atoms with Crippen molar-refractivity contribution in [3.63, 3.8) is 0 Å². The SMILES string of the molecule is [2H]C(C)(C)c1cc(-c2[c-]ccc3c2oc2nc(C)ccc23)nc[c]1[Ge]([CH3])([CH3])[CH3].[Ir].[c-]1ccccc1-c1nc2ccccc2n1-c1cccc(-c2ccccc2)c1. The number of hydrogen-bond donors (Lipinski definition) is 0. The predicted octanol–water partition coefficient (Wildman–Crippen LogP) is 12.0. The largest absolute Gasteiger partial charge is 0.333 e. The molecule has 0 bridgehead atoms. The smallest absolute Gasteiger partial charge is 0.0774 e. The zero-order valence-electron chi connectivity index (χ0n) is 32.8. The number of para-hydroxylation sites is 2. The van der Waals surface area contributed by atoms with Gasteiger partial charge in [0.2, 0.25) is 0 Å². The number of fused-ring (bicyclic) bond motifs is 4. The molecule has 5 aromatic carbocycles. The zero-order chi connectivity index (χ0) is 38.3. The molecule has 0 saturated heterocycles. The standard InChI is InChI=1S/C25H17N2.C23H25GeN2O.Ir/c1-3-10-19(11-4-1)21-14-9-15-22(18-21)27-24-17-8-7-16-23(24)26-25(27)20-12-5-2-6-13-20;1-14(2)19-12-21(25-13-20(19)24(4,5)6)18-9-7-8-16-17-11-10-15(3)26-23(17)27-22(16)18;/h1-12,14-18H;7-8,10-14H,1-6H3;/q2*-1;/i;14D;. The Labute approximate surface area is 340 Å². The minimum Gasteiger partial charge on any atom is -0.333 e. The Hall–Kier alpha value is -5.14. The van der Waals surface area contributed by atoms with Crippen molar-refractivity contribution in [3.05, 3.63) is 163 Å². The summed E-state index contributed by atoms with van der Waals surface area (Å²) in [5.74, 6) is 7.23. The number of imidazole rings is 1. The van der Waals surface area contributed by atoms with E-state index in [9.17, 15) is 0 Å². The number of nitrogens with zero attached hydrogens (tertiary/aromatic N) is 4. The first-order valence-electron chi connectivity index (χ1n) is 18.8. The van der Waals surface area contributed by atoms with Crippen molar-refractivity contribution < 1.29 is 25.9 Å². The summed E-state index contributed by atoms with van der Waals surface area (Å²) in [7, 11) is 0. The van der Waals surface area contributed by atoms with Crippen LogP contribution in [0.15, 0.2) is 144 Å². The molecule has 0 aliphatic rings. The summed E-state index contributed by atoms with van der Waals surface area (Å²) in [6.45, 7) is 5.85. The van der Waals surface area contributed by atoms with Crippen LogP contribution in [-0.2, 0) is 20.1 Å². The van der Waals surface area contributed by atoms with Crippen LogP contribution in [-0.4, -0.2) is 32.8 Å². The molecule has 0 spiro atoms. The summed E-state index contributed by atoms with van der Waals surface area (Å²) < 4.78 is 18.3. The molecule has 275 valence electrons. The van der Waals surface area contributed by atoms with Crippen molar-refractivity contribution in [2.75, 3.05) is 0 Å². The maximum absolute atomic E-state index is 8.69. The normalized spacial score (nSPS) is 11.9. The van der Waals surface area contributed by atoms with Gasteiger partial charge in [0, 0.05) is 25.8 Å². The van der Waals surface area contributed by atoms with Gasteiger partial charge in [-0.05, 0) is 35.4 Å². The predicted molar refractivity (Wildman–Crippen MR) is 226 cm³/mol. The van der Waals surface area contributed by atoms with Gasteiger partial charge in [0.05, 0.1) is 16.9 Å². The summed E-state index contributed by atoms with van der Waals surface area (Å²) in [6.07, 6.45) is 1.98. The fourth-order valence-electron chi connectivity index (χ4n) is 6.96. The third-order valence-corrected chi connectivity index (χ3v) is 13.9. The molecule has 4 aromatic heterocycles. The molecule has 0 aliphatic carbocycles. The van der Waals surface area contributed by atoms with Gasteiger partial charge in [-0.2, -0.15) is 0 Å². The van der Waals surface area contributed by atoms with E-state index in [1.54, 1.807) is 0 Å². The number of rotatable bonds is 6. The molecule has 1 radical (unpaired) electrons. The van der Waals surface area contributed by atoms with Crippen LogP contribution in [0.4, 0.5) is 0 Å². The van der Waals surface area contributed by atoms with Gasteiger partial charge in [0.1, 0.15) is 0 Å². The van der Waals surface area contributed by atoms with Crippen LogP contribution in [0.3, 0.4) is 0 Å². The number of furan rings is 1. The van der Waals surface area contributed by atoms with Crippen LogP contribution in [0.25, 0.3) is 72.6 Å². The topological polar surface area (TPSA) is 56.7 Å². The molecule has 4 heterocycles. The summed E-state index contributed by atoms with van der Waals surface area (Å²) in [5.41, 5.74) is 11.5. The molecule has 5 nitrogen and oxygen atoms in total. The van der Waals surface area contributed by atoms with Gasteiger partial charge in [0.25, 0.3) is 0 Å². The Kier molecular flexibility index (Phi) is 10.7. The maximum Gasteiger partial charge on any atom is 0.0774 e. The first-order valence-corrected chi connectivity index (χ1v) is 25.6. The molecular formula is C48H42GeIrN4O-2. The average molecular weight is 957 g/mol. The Morgan fingerprint density at radius 1 is 0.745 bits per heavy atom. The van der Waals surface area contributed by atoms with Crippen LogP contribution in [0.2, 0.25) is 17.3 Å². The number of benzene rings is 5. The van der Waals surface area contributed by atoms with E-state index in [-0.39, 0.29) is 20.1 Å². The number of aromatic nitrogens is 4. The number of aryl methyl sites for hydroxylation is 1. The van der Waals surface area contributed by atoms with Crippen LogP contribution < -0.4 is 4.40 Å². The molecule has 9 rings (SSSR count). The fraction of sp³-hybridized carbons (Fsp3) is 0.146. The Morgan fingerprint density at radius 3 is 2.27 bits per heavy atom. The minimum absolute atomic E-state index is 0. The van der Waals surface area contributed by atoms with Crippen molar-refractivity contribution in [1.82, 2.24) is 19.5 Å². The third kappa shape index (κ3) is 7.72. The Balaban J connectivity index is 0.000000169. The first-order chi connectivity index (χ1) is 26.5. The monoisotopic (exact) mass is 958 g/mol. The van der Waals surface area contributed by atoms with E-state index in [0.717, 1.165) is 67.0 Å². The Bertz CT molecular complexity index is 2800. The summed E-state index contributed by atoms with van der Waals surface area (Å²) in [6, 6.07) is 52.0. The second kappa shape index (κ2) is 15.9. The second-order valence-corrected chi connectivity index (χ2v) is 25.4. The minimum atomic E-state index is -2.16. The molecule has 0 unspecified atom stereocenters. The first kappa shape index (κ1) is 36.8. The van der Waals surface area contributed by atoms with Crippen molar-refractivity contribution in [2.24, 2.45) is 0 Å². The quantitative estimate of drug-likeness (QED) is 0.123. The van der Waals surface area contributed by atoms with Gasteiger partial charge in [0.15, 0.2) is 0 Å². The molecule has 55 heavy (non-hydrogen) atoms. The number of hydrogen-bond acceptors (Lipinski definition) is 4. The van der Waals surface area contributed by atoms with Gasteiger partial charge < -0.3 is 4.57 Å². The second-order valence-electron chi connectivity index (χ2n) is 14.8. The molecule has 7 heteroatoms. The summed E-state index contributed by atoms with van der Waals surface area (Å²) in [5, 5.41) is 2.01. The number of pyridine rings is 2.